The van der Waals surface area contributed by atoms with E-state index in [4.69, 9.17) is 16.0 Å². The fourth-order valence-electron chi connectivity index (χ4n) is 4.14. The third kappa shape index (κ3) is 2.19. The van der Waals surface area contributed by atoms with E-state index in [1.54, 1.807) is 12.3 Å². The van der Waals surface area contributed by atoms with Crippen LogP contribution in [-0.4, -0.2) is 28.3 Å². The van der Waals surface area contributed by atoms with Gasteiger partial charge in [0.2, 0.25) is 11.8 Å². The second-order valence-electron chi connectivity index (χ2n) is 6.59. The summed E-state index contributed by atoms with van der Waals surface area (Å²) in [5, 5.41) is 18.1. The zero-order valence-electron chi connectivity index (χ0n) is 13.5. The first kappa shape index (κ1) is 15.4. The molecule has 2 fully saturated rings. The Labute approximate surface area is 145 Å². The predicted molar refractivity (Wildman–Crippen MR) is 88.9 cm³/mol. The van der Waals surface area contributed by atoms with Gasteiger partial charge in [-0.1, -0.05) is 24.9 Å². The Balaban J connectivity index is 1.70. The molecule has 2 aromatic rings. The summed E-state index contributed by atoms with van der Waals surface area (Å²) in [4.78, 5) is 6.59. The van der Waals surface area contributed by atoms with Crippen molar-refractivity contribution in [2.75, 3.05) is 18.0 Å². The molecule has 6 nitrogen and oxygen atoms in total. The molecule has 7 heteroatoms. The molecule has 0 bridgehead atoms. The summed E-state index contributed by atoms with van der Waals surface area (Å²) < 4.78 is 5.93. The van der Waals surface area contributed by atoms with Crippen LogP contribution < -0.4 is 4.90 Å². The molecule has 0 N–H and O–H groups in total. The Morgan fingerprint density at radius 1 is 1.50 bits per heavy atom. The lowest BCUT2D eigenvalue weighted by Gasteiger charge is -2.25. The molecular weight excluding hydrogens is 326 g/mol. The van der Waals surface area contributed by atoms with Crippen LogP contribution in [0.4, 0.5) is 5.82 Å². The maximum Gasteiger partial charge on any atom is 0.224 e. The van der Waals surface area contributed by atoms with Crippen LogP contribution in [0.2, 0.25) is 5.02 Å². The SMILES string of the molecule is CCc1nnc([C@]23CCC[C@H]2CN(c2nccc(C#N)c2Cl)C3)o1. The Morgan fingerprint density at radius 3 is 3.12 bits per heavy atom. The van der Waals surface area contributed by atoms with Crippen molar-refractivity contribution in [1.29, 1.82) is 5.26 Å². The smallest absolute Gasteiger partial charge is 0.224 e. The number of aromatic nitrogens is 3. The average molecular weight is 344 g/mol. The standard InChI is InChI=1S/C17H18ClN5O/c1-2-13-21-22-16(24-13)17-6-3-4-12(17)9-23(10-17)15-14(18)11(8-19)5-7-20-15/h5,7,12H,2-4,6,9-10H2,1H3/t12-,17-/m0/s1. The van der Waals surface area contributed by atoms with Crippen molar-refractivity contribution < 1.29 is 4.42 Å². The summed E-state index contributed by atoms with van der Waals surface area (Å²) in [6.45, 7) is 3.62. The van der Waals surface area contributed by atoms with Gasteiger partial charge >= 0.3 is 0 Å². The van der Waals surface area contributed by atoms with Crippen molar-refractivity contribution in [3.8, 4) is 6.07 Å². The molecule has 0 spiro atoms. The summed E-state index contributed by atoms with van der Waals surface area (Å²) in [6.07, 6.45) is 5.73. The number of nitriles is 1. The van der Waals surface area contributed by atoms with Crippen LogP contribution >= 0.6 is 11.6 Å². The van der Waals surface area contributed by atoms with E-state index in [2.05, 4.69) is 26.2 Å². The van der Waals surface area contributed by atoms with Gasteiger partial charge in [-0.15, -0.1) is 10.2 Å². The number of hydrogen-bond donors (Lipinski definition) is 0. The van der Waals surface area contributed by atoms with Gasteiger partial charge in [-0.2, -0.15) is 5.26 Å². The van der Waals surface area contributed by atoms with E-state index in [1.165, 1.54) is 6.42 Å². The molecule has 3 heterocycles. The molecule has 1 aliphatic carbocycles. The zero-order chi connectivity index (χ0) is 16.7. The molecule has 24 heavy (non-hydrogen) atoms. The van der Waals surface area contributed by atoms with Crippen molar-refractivity contribution in [3.05, 3.63) is 34.6 Å². The van der Waals surface area contributed by atoms with Crippen LogP contribution in [0, 0.1) is 17.2 Å². The summed E-state index contributed by atoms with van der Waals surface area (Å²) in [5.74, 6) is 2.56. The third-order valence-electron chi connectivity index (χ3n) is 5.36. The van der Waals surface area contributed by atoms with E-state index in [0.717, 1.165) is 38.2 Å². The lowest BCUT2D eigenvalue weighted by atomic mass is 9.80. The average Bonchev–Trinajstić information content (AvgIpc) is 3.28. The molecule has 1 saturated carbocycles. The second-order valence-corrected chi connectivity index (χ2v) is 6.97. The van der Waals surface area contributed by atoms with Gasteiger partial charge in [0.25, 0.3) is 0 Å². The van der Waals surface area contributed by atoms with E-state index in [0.29, 0.717) is 28.2 Å². The van der Waals surface area contributed by atoms with Gasteiger partial charge in [-0.3, -0.25) is 0 Å². The maximum absolute atomic E-state index is 9.19. The largest absolute Gasteiger partial charge is 0.425 e. The highest BCUT2D eigenvalue weighted by Crippen LogP contribution is 2.51. The Hall–Kier alpha value is -2.13. The van der Waals surface area contributed by atoms with Gasteiger partial charge < -0.3 is 9.32 Å². The molecular formula is C17H18ClN5O. The van der Waals surface area contributed by atoms with E-state index in [9.17, 15) is 5.26 Å². The van der Waals surface area contributed by atoms with Crippen molar-refractivity contribution in [3.63, 3.8) is 0 Å². The van der Waals surface area contributed by atoms with Crippen LogP contribution in [0.15, 0.2) is 16.7 Å². The molecule has 1 saturated heterocycles. The van der Waals surface area contributed by atoms with Gasteiger partial charge in [0, 0.05) is 25.7 Å². The van der Waals surface area contributed by atoms with E-state index >= 15 is 0 Å². The highest BCUT2D eigenvalue weighted by molar-refractivity contribution is 6.34. The third-order valence-corrected chi connectivity index (χ3v) is 5.73. The Kier molecular flexibility index (Phi) is 3.69. The number of rotatable bonds is 3. The zero-order valence-corrected chi connectivity index (χ0v) is 14.3. The number of fused-ring (bicyclic) bond motifs is 1. The number of pyridine rings is 1. The van der Waals surface area contributed by atoms with Crippen molar-refractivity contribution >= 4 is 17.4 Å². The normalized spacial score (nSPS) is 25.7. The summed E-state index contributed by atoms with van der Waals surface area (Å²) >= 11 is 6.39. The molecule has 2 aliphatic rings. The Morgan fingerprint density at radius 2 is 2.38 bits per heavy atom. The number of halogens is 1. The summed E-state index contributed by atoms with van der Waals surface area (Å²) in [6, 6.07) is 3.77. The first-order valence-electron chi connectivity index (χ1n) is 8.30. The fourth-order valence-corrected chi connectivity index (χ4v) is 4.41. The molecule has 4 rings (SSSR count). The van der Waals surface area contributed by atoms with E-state index in [1.807, 2.05) is 6.92 Å². The van der Waals surface area contributed by atoms with Gasteiger partial charge in [-0.05, 0) is 24.8 Å². The minimum atomic E-state index is -0.117. The van der Waals surface area contributed by atoms with Crippen LogP contribution in [-0.2, 0) is 11.8 Å². The number of anilines is 1. The highest BCUT2D eigenvalue weighted by Gasteiger charge is 2.54. The second kappa shape index (κ2) is 5.75. The van der Waals surface area contributed by atoms with Gasteiger partial charge in [0.05, 0.1) is 11.0 Å². The first-order valence-corrected chi connectivity index (χ1v) is 8.68. The monoisotopic (exact) mass is 343 g/mol. The molecule has 0 amide bonds. The lowest BCUT2D eigenvalue weighted by molar-refractivity contribution is 0.297. The van der Waals surface area contributed by atoms with Crippen molar-refractivity contribution in [1.82, 2.24) is 15.2 Å². The molecule has 2 aromatic heterocycles. The number of nitrogens with zero attached hydrogens (tertiary/aromatic N) is 5. The van der Waals surface area contributed by atoms with Crippen LogP contribution in [0.5, 0.6) is 0 Å². The molecule has 1 aliphatic heterocycles. The predicted octanol–water partition coefficient (Wildman–Crippen LogP) is 3.11. The van der Waals surface area contributed by atoms with E-state index < -0.39 is 0 Å². The van der Waals surface area contributed by atoms with Gasteiger partial charge in [-0.25, -0.2) is 4.98 Å². The summed E-state index contributed by atoms with van der Waals surface area (Å²) in [5.41, 5.74) is 0.340. The van der Waals surface area contributed by atoms with Gasteiger partial charge in [0.15, 0.2) is 0 Å². The van der Waals surface area contributed by atoms with Crippen LogP contribution in [0.1, 0.15) is 43.5 Å². The minimum Gasteiger partial charge on any atom is -0.425 e. The molecule has 0 aromatic carbocycles. The topological polar surface area (TPSA) is 78.8 Å². The van der Waals surface area contributed by atoms with Crippen molar-refractivity contribution in [2.24, 2.45) is 5.92 Å². The molecule has 124 valence electrons. The van der Waals surface area contributed by atoms with Crippen LogP contribution in [0.3, 0.4) is 0 Å². The molecule has 0 radical (unpaired) electrons. The van der Waals surface area contributed by atoms with Crippen molar-refractivity contribution in [2.45, 2.75) is 38.0 Å². The molecule has 0 unspecified atom stereocenters. The van der Waals surface area contributed by atoms with Crippen LogP contribution in [0.25, 0.3) is 0 Å². The minimum absolute atomic E-state index is 0.117. The van der Waals surface area contributed by atoms with Gasteiger partial charge in [0.1, 0.15) is 16.9 Å². The number of aryl methyl sites for hydroxylation is 1. The maximum atomic E-state index is 9.19. The Bertz CT molecular complexity index is 814. The number of hydrogen-bond acceptors (Lipinski definition) is 6. The quantitative estimate of drug-likeness (QED) is 0.852. The van der Waals surface area contributed by atoms with E-state index in [-0.39, 0.29) is 5.41 Å². The molecule has 2 atom stereocenters. The highest BCUT2D eigenvalue weighted by atomic mass is 35.5. The first-order chi connectivity index (χ1) is 11.7. The summed E-state index contributed by atoms with van der Waals surface area (Å²) in [7, 11) is 0. The lowest BCUT2D eigenvalue weighted by Crippen LogP contribution is -2.32. The fraction of sp³-hybridized carbons (Fsp3) is 0.529.